The van der Waals surface area contributed by atoms with Crippen molar-refractivity contribution in [2.45, 2.75) is 32.7 Å². The van der Waals surface area contributed by atoms with Crippen LogP contribution in [-0.4, -0.2) is 79.8 Å². The number of benzene rings is 2. The highest BCUT2D eigenvalue weighted by Gasteiger charge is 2.08. The fourth-order valence-corrected chi connectivity index (χ4v) is 3.77. The summed E-state index contributed by atoms with van der Waals surface area (Å²) in [6.45, 7) is 6.76. The molecule has 2 aromatic carbocycles. The van der Waals surface area contributed by atoms with E-state index in [0.29, 0.717) is 81.6 Å². The van der Waals surface area contributed by atoms with Gasteiger partial charge in [-0.25, -0.2) is 0 Å². The number of nitrogens with one attached hydrogen (secondary N) is 4. The van der Waals surface area contributed by atoms with Gasteiger partial charge in [-0.1, -0.05) is 49.7 Å². The minimum absolute atomic E-state index is 0.159. The van der Waals surface area contributed by atoms with Crippen molar-refractivity contribution in [1.29, 1.82) is 0 Å². The summed E-state index contributed by atoms with van der Waals surface area (Å²) in [6, 6.07) is 14.9. The molecule has 0 unspecified atom stereocenters. The molecule has 0 atom stereocenters. The average Bonchev–Trinajstić information content (AvgIpc) is 3.02. The molecule has 1 aromatic heterocycles. The number of nitrogens with zero attached hydrogens (tertiary/aromatic N) is 3. The van der Waals surface area contributed by atoms with Gasteiger partial charge in [0.05, 0.1) is 26.4 Å². The van der Waals surface area contributed by atoms with Crippen LogP contribution in [-0.2, 0) is 22.4 Å². The summed E-state index contributed by atoms with van der Waals surface area (Å²) in [5.74, 6) is 1.25. The Morgan fingerprint density at radius 2 is 1.40 bits per heavy atom. The van der Waals surface area contributed by atoms with Crippen molar-refractivity contribution in [2.75, 3.05) is 68.6 Å². The Morgan fingerprint density at radius 3 is 2.05 bits per heavy atom. The molecule has 1 heterocycles. The maximum Gasteiger partial charge on any atom is 0.251 e. The number of aromatic nitrogens is 3. The third-order valence-electron chi connectivity index (χ3n) is 6.09. The molecular weight excluding hydrogens is 536 g/mol. The second kappa shape index (κ2) is 19.1. The number of rotatable bonds is 21. The van der Waals surface area contributed by atoms with Gasteiger partial charge in [-0.05, 0) is 36.1 Å². The van der Waals surface area contributed by atoms with Crippen molar-refractivity contribution in [1.82, 2.24) is 20.3 Å². The number of unbranched alkanes of at least 4 members (excludes halogenated alkanes) is 1. The van der Waals surface area contributed by atoms with Crippen LogP contribution in [0, 0.1) is 0 Å². The quantitative estimate of drug-likeness (QED) is 0.0932. The van der Waals surface area contributed by atoms with E-state index in [2.05, 4.69) is 43.1 Å². The smallest absolute Gasteiger partial charge is 0.251 e. The topological polar surface area (TPSA) is 165 Å². The van der Waals surface area contributed by atoms with Crippen LogP contribution in [0.1, 0.15) is 51.6 Å². The van der Waals surface area contributed by atoms with Crippen LogP contribution in [0.25, 0.3) is 0 Å². The van der Waals surface area contributed by atoms with Crippen LogP contribution in [0.3, 0.4) is 0 Å². The van der Waals surface area contributed by atoms with Gasteiger partial charge < -0.3 is 36.5 Å². The van der Waals surface area contributed by atoms with Gasteiger partial charge in [0.2, 0.25) is 17.8 Å². The Bertz CT molecular complexity index is 1210. The van der Waals surface area contributed by atoms with Crippen molar-refractivity contribution < 1.29 is 19.1 Å². The summed E-state index contributed by atoms with van der Waals surface area (Å²) < 4.78 is 10.7. The second-order valence-electron chi connectivity index (χ2n) is 9.44. The first-order valence-corrected chi connectivity index (χ1v) is 14.4. The van der Waals surface area contributed by atoms with Gasteiger partial charge in [0.25, 0.3) is 5.91 Å². The van der Waals surface area contributed by atoms with Crippen molar-refractivity contribution in [3.05, 3.63) is 70.8 Å². The molecule has 3 aromatic rings. The van der Waals surface area contributed by atoms with Crippen molar-refractivity contribution in [2.24, 2.45) is 5.73 Å². The fraction of sp³-hybridized carbons (Fsp3) is 0.433. The molecule has 0 saturated heterocycles. The molecule has 0 spiro atoms. The third kappa shape index (κ3) is 12.2. The lowest BCUT2D eigenvalue weighted by Crippen LogP contribution is -2.27. The van der Waals surface area contributed by atoms with E-state index in [1.54, 1.807) is 24.3 Å². The minimum atomic E-state index is -0.159. The molecule has 0 bridgehead atoms. The number of carbonyl (C=O) groups is 2. The minimum Gasteiger partial charge on any atom is -0.378 e. The molecule has 0 aliphatic heterocycles. The van der Waals surface area contributed by atoms with Gasteiger partial charge in [0.1, 0.15) is 6.29 Å². The zero-order valence-corrected chi connectivity index (χ0v) is 24.2. The van der Waals surface area contributed by atoms with Gasteiger partial charge in [-0.3, -0.25) is 9.59 Å². The predicted octanol–water partition coefficient (Wildman–Crippen LogP) is 2.88. The molecule has 12 nitrogen and oxygen atoms in total. The van der Waals surface area contributed by atoms with Gasteiger partial charge in [-0.2, -0.15) is 15.0 Å². The van der Waals surface area contributed by atoms with Gasteiger partial charge in [-0.15, -0.1) is 0 Å². The molecule has 0 saturated carbocycles. The standard InChI is InChI=1S/C30H42N8O4/c1-2-3-14-33-28-36-29(34-15-12-23-4-6-25(22-39)7-5-23)38-30(37-28)35-21-24-8-10-26(11-9-24)27(40)32-16-18-42-20-19-41-17-13-31/h4-11,22H,2-3,12-21,31H2,1H3,(H,32,40)(H3,33,34,35,36,37,38). The zero-order valence-electron chi connectivity index (χ0n) is 24.2. The maximum atomic E-state index is 12.4. The molecular formula is C30H42N8O4. The van der Waals surface area contributed by atoms with Crippen LogP contribution in [0.5, 0.6) is 0 Å². The number of hydrogen-bond acceptors (Lipinski definition) is 11. The van der Waals surface area contributed by atoms with E-state index in [9.17, 15) is 9.59 Å². The first-order valence-electron chi connectivity index (χ1n) is 14.4. The SMILES string of the molecule is CCCCNc1nc(NCCc2ccc(C=O)cc2)nc(NCc2ccc(C(=O)NCCOCCOCCN)cc2)n1. The molecule has 0 fully saturated rings. The molecule has 12 heteroatoms. The number of hydrogen-bond donors (Lipinski definition) is 5. The van der Waals surface area contributed by atoms with E-state index in [0.717, 1.165) is 43.2 Å². The summed E-state index contributed by atoms with van der Waals surface area (Å²) in [7, 11) is 0. The number of amides is 1. The number of carbonyl (C=O) groups excluding carboxylic acids is 2. The second-order valence-corrected chi connectivity index (χ2v) is 9.44. The van der Waals surface area contributed by atoms with E-state index in [4.69, 9.17) is 15.2 Å². The van der Waals surface area contributed by atoms with E-state index in [-0.39, 0.29) is 5.91 Å². The van der Waals surface area contributed by atoms with Crippen LogP contribution >= 0.6 is 0 Å². The predicted molar refractivity (Wildman–Crippen MR) is 164 cm³/mol. The van der Waals surface area contributed by atoms with Crippen LogP contribution in [0.4, 0.5) is 17.8 Å². The number of anilines is 3. The van der Waals surface area contributed by atoms with Crippen LogP contribution in [0.15, 0.2) is 48.5 Å². The highest BCUT2D eigenvalue weighted by Crippen LogP contribution is 2.13. The molecule has 3 rings (SSSR count). The van der Waals surface area contributed by atoms with Crippen LogP contribution in [0.2, 0.25) is 0 Å². The molecule has 0 radical (unpaired) electrons. The molecule has 0 aliphatic rings. The molecule has 226 valence electrons. The fourth-order valence-electron chi connectivity index (χ4n) is 3.77. The lowest BCUT2D eigenvalue weighted by Gasteiger charge is -2.12. The monoisotopic (exact) mass is 578 g/mol. The summed E-state index contributed by atoms with van der Waals surface area (Å²) in [5, 5.41) is 12.6. The van der Waals surface area contributed by atoms with Gasteiger partial charge in [0.15, 0.2) is 0 Å². The summed E-state index contributed by atoms with van der Waals surface area (Å²) in [6.07, 6.45) is 3.65. The van der Waals surface area contributed by atoms with Crippen molar-refractivity contribution >= 4 is 30.0 Å². The average molecular weight is 579 g/mol. The Morgan fingerprint density at radius 1 is 0.786 bits per heavy atom. The Kier molecular flexibility index (Phi) is 14.7. The van der Waals surface area contributed by atoms with Crippen molar-refractivity contribution in [3.63, 3.8) is 0 Å². The lowest BCUT2D eigenvalue weighted by molar-refractivity contribution is 0.0511. The highest BCUT2D eigenvalue weighted by atomic mass is 16.5. The lowest BCUT2D eigenvalue weighted by atomic mass is 10.1. The third-order valence-corrected chi connectivity index (χ3v) is 6.09. The summed E-state index contributed by atoms with van der Waals surface area (Å²) in [5.41, 5.74) is 8.67. The Balaban J connectivity index is 1.49. The number of ether oxygens (including phenoxy) is 2. The van der Waals surface area contributed by atoms with E-state index < -0.39 is 0 Å². The largest absolute Gasteiger partial charge is 0.378 e. The molecule has 1 amide bonds. The van der Waals surface area contributed by atoms with E-state index in [1.165, 1.54) is 0 Å². The molecule has 0 aliphatic carbocycles. The Labute approximate surface area is 247 Å². The van der Waals surface area contributed by atoms with Crippen molar-refractivity contribution in [3.8, 4) is 0 Å². The van der Waals surface area contributed by atoms with Gasteiger partial charge >= 0.3 is 0 Å². The zero-order chi connectivity index (χ0) is 29.8. The Hall–Kier alpha value is -4.13. The number of nitrogens with two attached hydrogens (primary N) is 1. The number of aldehydes is 1. The maximum absolute atomic E-state index is 12.4. The summed E-state index contributed by atoms with van der Waals surface area (Å²) in [4.78, 5) is 36.8. The molecule has 6 N–H and O–H groups in total. The van der Waals surface area contributed by atoms with E-state index in [1.807, 2.05) is 24.3 Å². The highest BCUT2D eigenvalue weighted by molar-refractivity contribution is 5.94. The molecule has 42 heavy (non-hydrogen) atoms. The van der Waals surface area contributed by atoms with E-state index >= 15 is 0 Å². The first-order chi connectivity index (χ1) is 20.6. The van der Waals surface area contributed by atoms with Gasteiger partial charge in [0, 0.05) is 43.9 Å². The normalized spacial score (nSPS) is 10.7. The summed E-state index contributed by atoms with van der Waals surface area (Å²) >= 11 is 0. The van der Waals surface area contributed by atoms with Crippen LogP contribution < -0.4 is 27.0 Å². The first kappa shape index (κ1) is 32.4.